The molecule has 0 nitrogen and oxygen atoms in total. The molecule has 0 heteroatoms. The maximum absolute atomic E-state index is 2.10. The van der Waals surface area contributed by atoms with E-state index in [-0.39, 0.29) is 0 Å². The van der Waals surface area contributed by atoms with Gasteiger partial charge in [-0.3, -0.25) is 0 Å². The van der Waals surface area contributed by atoms with Crippen LogP contribution in [0.5, 0.6) is 0 Å². The monoisotopic (exact) mass is 162 g/mol. The predicted octanol–water partition coefficient (Wildman–Crippen LogP) is 4.03. The summed E-state index contributed by atoms with van der Waals surface area (Å²) in [4.78, 5) is 0. The molecule has 0 bridgehead atoms. The molecule has 0 aromatic heterocycles. The maximum atomic E-state index is 2.10. The zero-order chi connectivity index (χ0) is 9.40. The molecule has 0 N–H and O–H groups in total. The number of rotatable bonds is 3. The van der Waals surface area contributed by atoms with Crippen molar-refractivity contribution in [1.82, 2.24) is 0 Å². The second kappa shape index (κ2) is 6.66. The molecule has 0 saturated carbocycles. The summed E-state index contributed by atoms with van der Waals surface area (Å²) in [7, 11) is 0. The Labute approximate surface area is 76.0 Å². The normalized spacial score (nSPS) is 15.0. The van der Waals surface area contributed by atoms with Crippen LogP contribution in [0.1, 0.15) is 27.7 Å². The molecule has 0 saturated heterocycles. The van der Waals surface area contributed by atoms with Crippen LogP contribution in [-0.4, -0.2) is 0 Å². The first kappa shape index (κ1) is 11.0. The lowest BCUT2D eigenvalue weighted by Gasteiger charge is -1.87. The van der Waals surface area contributed by atoms with Crippen LogP contribution < -0.4 is 0 Å². The molecule has 0 heterocycles. The Bertz CT molecular complexity index is 224. The summed E-state index contributed by atoms with van der Waals surface area (Å²) in [5.41, 5.74) is 2.57. The topological polar surface area (TPSA) is 0 Å². The first-order chi connectivity index (χ1) is 5.70. The summed E-state index contributed by atoms with van der Waals surface area (Å²) in [6, 6.07) is 0. The highest BCUT2D eigenvalue weighted by Crippen LogP contribution is 1.98. The van der Waals surface area contributed by atoms with Gasteiger partial charge in [0.15, 0.2) is 0 Å². The fraction of sp³-hybridized carbons (Fsp3) is 0.333. The van der Waals surface area contributed by atoms with E-state index in [9.17, 15) is 0 Å². The van der Waals surface area contributed by atoms with Crippen molar-refractivity contribution in [3.05, 3.63) is 47.6 Å². The Morgan fingerprint density at radius 2 is 1.58 bits per heavy atom. The maximum Gasteiger partial charge on any atom is -0.0398 e. The van der Waals surface area contributed by atoms with Gasteiger partial charge in [-0.2, -0.15) is 0 Å². The number of hydrogen-bond donors (Lipinski definition) is 0. The molecule has 0 aliphatic rings. The number of allylic oxidation sites excluding steroid dienone is 8. The summed E-state index contributed by atoms with van der Waals surface area (Å²) in [5, 5.41) is 0. The lowest BCUT2D eigenvalue weighted by Crippen LogP contribution is -1.66. The van der Waals surface area contributed by atoms with Gasteiger partial charge in [-0.1, -0.05) is 47.6 Å². The van der Waals surface area contributed by atoms with Crippen molar-refractivity contribution >= 4 is 0 Å². The Morgan fingerprint density at radius 1 is 0.917 bits per heavy atom. The van der Waals surface area contributed by atoms with Gasteiger partial charge in [0.25, 0.3) is 0 Å². The Hall–Kier alpha value is -1.04. The van der Waals surface area contributed by atoms with Crippen molar-refractivity contribution in [2.45, 2.75) is 27.7 Å². The Morgan fingerprint density at radius 3 is 2.08 bits per heavy atom. The van der Waals surface area contributed by atoms with E-state index in [4.69, 9.17) is 0 Å². The molecule has 0 spiro atoms. The molecular weight excluding hydrogens is 144 g/mol. The van der Waals surface area contributed by atoms with E-state index in [1.165, 1.54) is 11.1 Å². The van der Waals surface area contributed by atoms with Gasteiger partial charge < -0.3 is 0 Å². The van der Waals surface area contributed by atoms with E-state index < -0.39 is 0 Å². The van der Waals surface area contributed by atoms with Crippen molar-refractivity contribution in [3.63, 3.8) is 0 Å². The van der Waals surface area contributed by atoms with Crippen molar-refractivity contribution in [2.24, 2.45) is 0 Å². The highest BCUT2D eigenvalue weighted by atomic mass is 13.8. The molecule has 12 heavy (non-hydrogen) atoms. The Kier molecular flexibility index (Phi) is 6.08. The van der Waals surface area contributed by atoms with Gasteiger partial charge in [0.05, 0.1) is 0 Å². The molecule has 0 fully saturated rings. The summed E-state index contributed by atoms with van der Waals surface area (Å²) in [5.74, 6) is 0. The molecule has 0 aromatic carbocycles. The van der Waals surface area contributed by atoms with Gasteiger partial charge in [-0.25, -0.2) is 0 Å². The molecule has 0 aliphatic carbocycles. The lowest BCUT2D eigenvalue weighted by molar-refractivity contribution is 1.46. The summed E-state index contributed by atoms with van der Waals surface area (Å²) in [6.45, 7) is 8.26. The molecule has 0 atom stereocenters. The fourth-order valence-electron chi connectivity index (χ4n) is 0.766. The molecule has 0 aliphatic heterocycles. The van der Waals surface area contributed by atoms with Gasteiger partial charge in [0.1, 0.15) is 0 Å². The average Bonchev–Trinajstić information content (AvgIpc) is 2.04. The first-order valence-corrected chi connectivity index (χ1v) is 4.31. The lowest BCUT2D eigenvalue weighted by atomic mass is 10.2. The van der Waals surface area contributed by atoms with Gasteiger partial charge in [-0.05, 0) is 27.7 Å². The van der Waals surface area contributed by atoms with E-state index in [0.717, 1.165) is 0 Å². The van der Waals surface area contributed by atoms with Gasteiger partial charge >= 0.3 is 0 Å². The smallest absolute Gasteiger partial charge is 0.0398 e. The highest BCUT2D eigenvalue weighted by Gasteiger charge is 1.77. The zero-order valence-electron chi connectivity index (χ0n) is 8.46. The molecular formula is C12H18. The quantitative estimate of drug-likeness (QED) is 0.549. The van der Waals surface area contributed by atoms with Crippen LogP contribution in [0.2, 0.25) is 0 Å². The van der Waals surface area contributed by atoms with E-state index in [0.29, 0.717) is 0 Å². The van der Waals surface area contributed by atoms with Crippen molar-refractivity contribution < 1.29 is 0 Å². The summed E-state index contributed by atoms with van der Waals surface area (Å²) < 4.78 is 0. The van der Waals surface area contributed by atoms with E-state index in [1.807, 2.05) is 19.9 Å². The molecule has 0 radical (unpaired) electrons. The van der Waals surface area contributed by atoms with E-state index in [2.05, 4.69) is 44.2 Å². The fourth-order valence-corrected chi connectivity index (χ4v) is 0.766. The van der Waals surface area contributed by atoms with Crippen LogP contribution in [0.3, 0.4) is 0 Å². The second-order valence-electron chi connectivity index (χ2n) is 2.80. The van der Waals surface area contributed by atoms with Crippen LogP contribution >= 0.6 is 0 Å². The molecule has 0 rings (SSSR count). The van der Waals surface area contributed by atoms with Crippen LogP contribution in [0, 0.1) is 0 Å². The first-order valence-electron chi connectivity index (χ1n) is 4.31. The summed E-state index contributed by atoms with van der Waals surface area (Å²) >= 11 is 0. The SMILES string of the molecule is C/C=C/C(C)=C\C=C/C(C)=C/C. The average molecular weight is 162 g/mol. The van der Waals surface area contributed by atoms with Crippen molar-refractivity contribution in [2.75, 3.05) is 0 Å². The predicted molar refractivity (Wildman–Crippen MR) is 57.1 cm³/mol. The zero-order valence-corrected chi connectivity index (χ0v) is 8.46. The van der Waals surface area contributed by atoms with Gasteiger partial charge in [0.2, 0.25) is 0 Å². The van der Waals surface area contributed by atoms with Crippen LogP contribution in [0.25, 0.3) is 0 Å². The third-order valence-electron chi connectivity index (χ3n) is 1.60. The minimum absolute atomic E-state index is 1.28. The highest BCUT2D eigenvalue weighted by molar-refractivity contribution is 5.25. The van der Waals surface area contributed by atoms with E-state index >= 15 is 0 Å². The minimum atomic E-state index is 1.28. The second-order valence-corrected chi connectivity index (χ2v) is 2.80. The molecule has 0 amide bonds. The van der Waals surface area contributed by atoms with Crippen molar-refractivity contribution in [1.29, 1.82) is 0 Å². The minimum Gasteiger partial charge on any atom is -0.0874 e. The van der Waals surface area contributed by atoms with Crippen LogP contribution in [0.4, 0.5) is 0 Å². The standard InChI is InChI=1S/C12H18/c1-5-8-12(4)10-7-9-11(3)6-2/h5-10H,1-4H3/b8-5+,9-7-,11-6+,12-10-. The largest absolute Gasteiger partial charge is 0.0874 e. The van der Waals surface area contributed by atoms with Gasteiger partial charge in [-0.15, -0.1) is 0 Å². The molecule has 66 valence electrons. The van der Waals surface area contributed by atoms with E-state index in [1.54, 1.807) is 0 Å². The summed E-state index contributed by atoms with van der Waals surface area (Å²) in [6.07, 6.45) is 12.5. The van der Waals surface area contributed by atoms with Crippen LogP contribution in [0.15, 0.2) is 47.6 Å². The third kappa shape index (κ3) is 5.72. The van der Waals surface area contributed by atoms with Gasteiger partial charge in [0, 0.05) is 0 Å². The number of hydrogen-bond acceptors (Lipinski definition) is 0. The van der Waals surface area contributed by atoms with Crippen molar-refractivity contribution in [3.8, 4) is 0 Å². The molecule has 0 aromatic rings. The Balaban J connectivity index is 4.12. The molecule has 0 unspecified atom stereocenters. The third-order valence-corrected chi connectivity index (χ3v) is 1.60. The van der Waals surface area contributed by atoms with Crippen LogP contribution in [-0.2, 0) is 0 Å².